The maximum Gasteiger partial charge on any atom is 0.100 e. The van der Waals surface area contributed by atoms with E-state index in [0.717, 1.165) is 12.1 Å². The lowest BCUT2D eigenvalue weighted by atomic mass is 10.3. The summed E-state index contributed by atoms with van der Waals surface area (Å²) in [6, 6.07) is 4.20. The van der Waals surface area contributed by atoms with Crippen LogP contribution in [0.25, 0.3) is 0 Å². The number of rotatable bonds is 2. The lowest BCUT2D eigenvalue weighted by Crippen LogP contribution is -2.24. The maximum absolute atomic E-state index is 8.74. The van der Waals surface area contributed by atoms with E-state index < -0.39 is 0 Å². The van der Waals surface area contributed by atoms with Crippen LogP contribution in [-0.2, 0) is 6.54 Å². The molecule has 1 aromatic heterocycles. The van der Waals surface area contributed by atoms with Crippen molar-refractivity contribution in [2.45, 2.75) is 13.0 Å². The lowest BCUT2D eigenvalue weighted by Gasteiger charge is -2.17. The van der Waals surface area contributed by atoms with Crippen LogP contribution in [-0.4, -0.2) is 29.5 Å². The molecule has 0 unspecified atom stereocenters. The average Bonchev–Trinajstić information content (AvgIpc) is 2.54. The van der Waals surface area contributed by atoms with Crippen molar-refractivity contribution < 1.29 is 0 Å². The summed E-state index contributed by atoms with van der Waals surface area (Å²) in [6.45, 7) is 3.41. The van der Waals surface area contributed by atoms with Crippen LogP contribution in [0.4, 0.5) is 0 Å². The number of nitriles is 1. The van der Waals surface area contributed by atoms with Crippen molar-refractivity contribution >= 4 is 23.1 Å². The Bertz CT molecular complexity index is 346. The Morgan fingerprint density at radius 2 is 2.33 bits per heavy atom. The van der Waals surface area contributed by atoms with Crippen LogP contribution in [0, 0.1) is 11.3 Å². The van der Waals surface area contributed by atoms with Crippen molar-refractivity contribution in [1.29, 1.82) is 5.26 Å². The van der Waals surface area contributed by atoms with Gasteiger partial charge in [0.2, 0.25) is 0 Å². The van der Waals surface area contributed by atoms with Crippen LogP contribution in [0.15, 0.2) is 11.4 Å². The predicted octanol–water partition coefficient (Wildman–Crippen LogP) is 2.56. The van der Waals surface area contributed by atoms with Gasteiger partial charge in [0.25, 0.3) is 0 Å². The molecule has 0 N–H and O–H groups in total. The minimum absolute atomic E-state index is 0.805. The molecular weight excluding hydrogens is 224 g/mol. The highest BCUT2D eigenvalue weighted by atomic mass is 32.2. The first-order valence-corrected chi connectivity index (χ1v) is 7.19. The Morgan fingerprint density at radius 1 is 1.40 bits per heavy atom. The van der Waals surface area contributed by atoms with Gasteiger partial charge in [0, 0.05) is 29.1 Å². The molecule has 1 saturated heterocycles. The van der Waals surface area contributed by atoms with E-state index in [1.807, 2.05) is 23.2 Å². The van der Waals surface area contributed by atoms with Gasteiger partial charge in [-0.15, -0.1) is 11.3 Å². The van der Waals surface area contributed by atoms with E-state index in [1.54, 1.807) is 11.3 Å². The molecule has 1 fully saturated rings. The minimum Gasteiger partial charge on any atom is -0.297 e. The van der Waals surface area contributed by atoms with Crippen molar-refractivity contribution in [2.75, 3.05) is 24.6 Å². The van der Waals surface area contributed by atoms with E-state index in [2.05, 4.69) is 11.0 Å². The van der Waals surface area contributed by atoms with Gasteiger partial charge in [-0.05, 0) is 24.8 Å². The van der Waals surface area contributed by atoms with Crippen molar-refractivity contribution in [3.63, 3.8) is 0 Å². The zero-order valence-electron chi connectivity index (χ0n) is 8.61. The Labute approximate surface area is 98.9 Å². The third-order valence-corrected chi connectivity index (χ3v) is 4.45. The molecule has 4 heteroatoms. The molecule has 0 aliphatic carbocycles. The summed E-state index contributed by atoms with van der Waals surface area (Å²) >= 11 is 3.75. The molecule has 2 nitrogen and oxygen atoms in total. The molecule has 1 aliphatic heterocycles. The van der Waals surface area contributed by atoms with Crippen LogP contribution in [0.2, 0.25) is 0 Å². The van der Waals surface area contributed by atoms with Gasteiger partial charge in [-0.3, -0.25) is 4.90 Å². The molecule has 80 valence electrons. The molecule has 1 aromatic rings. The largest absolute Gasteiger partial charge is 0.297 e. The van der Waals surface area contributed by atoms with E-state index in [1.165, 1.54) is 35.9 Å². The second kappa shape index (κ2) is 5.55. The van der Waals surface area contributed by atoms with E-state index in [4.69, 9.17) is 5.26 Å². The number of hydrogen-bond donors (Lipinski definition) is 0. The highest BCUT2D eigenvalue weighted by molar-refractivity contribution is 7.99. The van der Waals surface area contributed by atoms with Crippen LogP contribution in [0.5, 0.6) is 0 Å². The summed E-state index contributed by atoms with van der Waals surface area (Å²) in [5.74, 6) is 2.54. The first kappa shape index (κ1) is 11.0. The molecule has 0 aromatic carbocycles. The van der Waals surface area contributed by atoms with Gasteiger partial charge in [0.15, 0.2) is 0 Å². The van der Waals surface area contributed by atoms with Crippen molar-refractivity contribution in [1.82, 2.24) is 4.90 Å². The van der Waals surface area contributed by atoms with Crippen molar-refractivity contribution in [3.05, 3.63) is 21.9 Å². The summed E-state index contributed by atoms with van der Waals surface area (Å²) in [7, 11) is 0. The van der Waals surface area contributed by atoms with Gasteiger partial charge in [0.05, 0.1) is 5.56 Å². The molecule has 0 saturated carbocycles. The molecule has 2 heterocycles. The minimum atomic E-state index is 0.805. The monoisotopic (exact) mass is 238 g/mol. The Balaban J connectivity index is 1.92. The first-order chi connectivity index (χ1) is 7.38. The lowest BCUT2D eigenvalue weighted by molar-refractivity contribution is 0.290. The third kappa shape index (κ3) is 3.23. The van der Waals surface area contributed by atoms with Crippen LogP contribution in [0.1, 0.15) is 16.9 Å². The fraction of sp³-hybridized carbons (Fsp3) is 0.545. The molecule has 0 radical (unpaired) electrons. The number of nitrogens with zero attached hydrogens (tertiary/aromatic N) is 2. The van der Waals surface area contributed by atoms with Crippen molar-refractivity contribution in [3.8, 4) is 6.07 Å². The summed E-state index contributed by atoms with van der Waals surface area (Å²) in [5.41, 5.74) is 0.805. The summed E-state index contributed by atoms with van der Waals surface area (Å²) in [6.07, 6.45) is 1.29. The quantitative estimate of drug-likeness (QED) is 0.792. The third-order valence-electron chi connectivity index (χ3n) is 2.48. The van der Waals surface area contributed by atoms with Gasteiger partial charge >= 0.3 is 0 Å². The Morgan fingerprint density at radius 3 is 3.13 bits per heavy atom. The second-order valence-electron chi connectivity index (χ2n) is 3.66. The topological polar surface area (TPSA) is 27.0 Å². The van der Waals surface area contributed by atoms with Gasteiger partial charge in [0.1, 0.15) is 6.07 Å². The maximum atomic E-state index is 8.74. The smallest absolute Gasteiger partial charge is 0.100 e. The number of thiophene rings is 1. The van der Waals surface area contributed by atoms with E-state index in [-0.39, 0.29) is 0 Å². The Hall–Kier alpha value is -0.500. The fourth-order valence-corrected chi connectivity index (χ4v) is 3.47. The van der Waals surface area contributed by atoms with Crippen LogP contribution in [0.3, 0.4) is 0 Å². The molecule has 0 bridgehead atoms. The summed E-state index contributed by atoms with van der Waals surface area (Å²) in [5, 5.41) is 10.7. The normalized spacial score (nSPS) is 18.3. The average molecular weight is 238 g/mol. The van der Waals surface area contributed by atoms with Crippen LogP contribution >= 0.6 is 23.1 Å². The van der Waals surface area contributed by atoms with Gasteiger partial charge in [-0.2, -0.15) is 17.0 Å². The molecule has 15 heavy (non-hydrogen) atoms. The van der Waals surface area contributed by atoms with Crippen molar-refractivity contribution in [2.24, 2.45) is 0 Å². The molecule has 0 amide bonds. The molecule has 1 aliphatic rings. The van der Waals surface area contributed by atoms with Gasteiger partial charge in [-0.1, -0.05) is 0 Å². The van der Waals surface area contributed by atoms with Gasteiger partial charge in [-0.25, -0.2) is 0 Å². The molecular formula is C11H14N2S2. The van der Waals surface area contributed by atoms with Crippen LogP contribution < -0.4 is 0 Å². The summed E-state index contributed by atoms with van der Waals surface area (Å²) < 4.78 is 0. The second-order valence-corrected chi connectivity index (χ2v) is 5.88. The molecule has 2 rings (SSSR count). The van der Waals surface area contributed by atoms with Gasteiger partial charge < -0.3 is 0 Å². The number of thioether (sulfide) groups is 1. The van der Waals surface area contributed by atoms with E-state index >= 15 is 0 Å². The molecule has 0 spiro atoms. The van der Waals surface area contributed by atoms with E-state index in [0.29, 0.717) is 0 Å². The number of hydrogen-bond acceptors (Lipinski definition) is 4. The standard InChI is InChI=1S/C11H14N2S2/c12-7-10-6-11(15-9-10)8-13-2-1-4-14-5-3-13/h6,9H,1-5,8H2. The molecule has 0 atom stereocenters. The first-order valence-electron chi connectivity index (χ1n) is 5.16. The Kier molecular flexibility index (Phi) is 4.07. The zero-order chi connectivity index (χ0) is 10.5. The zero-order valence-corrected chi connectivity index (χ0v) is 10.2. The fourth-order valence-electron chi connectivity index (χ4n) is 1.70. The van der Waals surface area contributed by atoms with E-state index in [9.17, 15) is 0 Å². The highest BCUT2D eigenvalue weighted by Crippen LogP contribution is 2.18. The SMILES string of the molecule is N#Cc1csc(CN2CCCSCC2)c1. The highest BCUT2D eigenvalue weighted by Gasteiger charge is 2.10. The predicted molar refractivity (Wildman–Crippen MR) is 66.3 cm³/mol. The summed E-state index contributed by atoms with van der Waals surface area (Å²) in [4.78, 5) is 3.81.